The van der Waals surface area contributed by atoms with Gasteiger partial charge < -0.3 is 21.8 Å². The molecule has 1 atom stereocenters. The van der Waals surface area contributed by atoms with Gasteiger partial charge in [0, 0.05) is 18.7 Å². The number of fused-ring (bicyclic) bond motifs is 1. The molecule has 0 aliphatic carbocycles. The summed E-state index contributed by atoms with van der Waals surface area (Å²) in [6.07, 6.45) is -3.61. The van der Waals surface area contributed by atoms with E-state index in [2.05, 4.69) is 10.4 Å². The van der Waals surface area contributed by atoms with Crippen molar-refractivity contribution in [3.05, 3.63) is 100 Å². The molecule has 6 nitrogen and oxygen atoms in total. The number of nitrogens with one attached hydrogen (secondary N) is 1. The fraction of sp³-hybridized carbons (Fsp3) is 0.231. The van der Waals surface area contributed by atoms with E-state index in [0.717, 1.165) is 40.9 Å². The number of hydrogen-bond donors (Lipinski definition) is 3. The van der Waals surface area contributed by atoms with Crippen LogP contribution in [0.4, 0.5) is 18.9 Å². The van der Waals surface area contributed by atoms with Gasteiger partial charge in [0.1, 0.15) is 5.84 Å². The van der Waals surface area contributed by atoms with E-state index in [1.165, 1.54) is 12.1 Å². The zero-order valence-corrected chi connectivity index (χ0v) is 19.1. The molecule has 0 aromatic heterocycles. The molecule has 0 fully saturated rings. The molecule has 1 aliphatic heterocycles. The third-order valence-electron chi connectivity index (χ3n) is 6.18. The van der Waals surface area contributed by atoms with E-state index in [0.29, 0.717) is 24.2 Å². The molecule has 0 saturated heterocycles. The highest BCUT2D eigenvalue weighted by molar-refractivity contribution is 6.01. The summed E-state index contributed by atoms with van der Waals surface area (Å²) in [7, 11) is 0. The minimum Gasteiger partial charge on any atom is -0.382 e. The summed E-state index contributed by atoms with van der Waals surface area (Å²) < 4.78 is 38.7. The summed E-state index contributed by atoms with van der Waals surface area (Å²) in [5, 5.41) is 6.51. The van der Waals surface area contributed by atoms with Crippen LogP contribution in [0.1, 0.15) is 51.1 Å². The first kappa shape index (κ1) is 24.1. The van der Waals surface area contributed by atoms with Gasteiger partial charge in [0.15, 0.2) is 0 Å². The molecule has 5 N–H and O–H groups in total. The lowest BCUT2D eigenvalue weighted by Crippen LogP contribution is -2.29. The summed E-state index contributed by atoms with van der Waals surface area (Å²) >= 11 is 0. The van der Waals surface area contributed by atoms with Gasteiger partial charge in [0.05, 0.1) is 22.9 Å². The number of amides is 1. The Hall–Kier alpha value is -4.01. The highest BCUT2D eigenvalue weighted by atomic mass is 19.4. The van der Waals surface area contributed by atoms with E-state index < -0.39 is 11.7 Å². The molecule has 1 aliphatic rings. The maximum Gasteiger partial charge on any atom is 0.416 e. The molecule has 3 aromatic carbocycles. The number of hydrogen-bond acceptors (Lipinski definition) is 4. The highest BCUT2D eigenvalue weighted by Crippen LogP contribution is 2.34. The van der Waals surface area contributed by atoms with Crippen molar-refractivity contribution in [2.45, 2.75) is 32.1 Å². The minimum absolute atomic E-state index is 0.221. The topological polar surface area (TPSA) is 96.7 Å². The van der Waals surface area contributed by atoms with Crippen LogP contribution < -0.4 is 21.8 Å². The quantitative estimate of drug-likeness (QED) is 0.211. The van der Waals surface area contributed by atoms with Gasteiger partial charge in [-0.2, -0.15) is 18.3 Å². The zero-order valence-electron chi connectivity index (χ0n) is 19.1. The summed E-state index contributed by atoms with van der Waals surface area (Å²) in [6.45, 7) is 2.98. The third-order valence-corrected chi connectivity index (χ3v) is 6.18. The first-order valence-corrected chi connectivity index (χ1v) is 11.1. The number of alkyl halides is 3. The van der Waals surface area contributed by atoms with Gasteiger partial charge >= 0.3 is 6.18 Å². The fourth-order valence-corrected chi connectivity index (χ4v) is 4.27. The van der Waals surface area contributed by atoms with Crippen molar-refractivity contribution in [3.63, 3.8) is 0 Å². The molecule has 35 heavy (non-hydrogen) atoms. The Morgan fingerprint density at radius 1 is 1.09 bits per heavy atom. The van der Waals surface area contributed by atoms with Crippen molar-refractivity contribution in [1.29, 1.82) is 0 Å². The van der Waals surface area contributed by atoms with Gasteiger partial charge in [0.25, 0.3) is 5.91 Å². The molecule has 1 heterocycles. The van der Waals surface area contributed by atoms with Crippen molar-refractivity contribution >= 4 is 17.4 Å². The first-order chi connectivity index (χ1) is 16.7. The molecule has 1 unspecified atom stereocenters. The highest BCUT2D eigenvalue weighted by Gasteiger charge is 2.30. The van der Waals surface area contributed by atoms with Crippen LogP contribution in [0.5, 0.6) is 0 Å². The number of halogens is 3. The second kappa shape index (κ2) is 9.69. The Bertz CT molecular complexity index is 1240. The second-order valence-corrected chi connectivity index (χ2v) is 8.51. The summed E-state index contributed by atoms with van der Waals surface area (Å²) in [4.78, 5) is 15.3. The van der Waals surface area contributed by atoms with Crippen molar-refractivity contribution in [2.75, 3.05) is 11.4 Å². The summed E-state index contributed by atoms with van der Waals surface area (Å²) in [5.41, 5.74) is 9.77. The number of benzene rings is 3. The lowest BCUT2D eigenvalue weighted by atomic mass is 10.0. The van der Waals surface area contributed by atoms with Gasteiger partial charge in [-0.05, 0) is 48.2 Å². The number of rotatable bonds is 6. The molecule has 0 spiro atoms. The summed E-state index contributed by atoms with van der Waals surface area (Å²) in [5.74, 6) is 5.22. The van der Waals surface area contributed by atoms with Crippen LogP contribution in [-0.4, -0.2) is 18.3 Å². The largest absolute Gasteiger partial charge is 0.416 e. The normalized spacial score (nSPS) is 14.5. The van der Waals surface area contributed by atoms with Crippen LogP contribution in [0.25, 0.3) is 0 Å². The van der Waals surface area contributed by atoms with Crippen LogP contribution in [0.2, 0.25) is 0 Å². The minimum atomic E-state index is -4.37. The van der Waals surface area contributed by atoms with Gasteiger partial charge in [-0.1, -0.05) is 48.5 Å². The monoisotopic (exact) mass is 481 g/mol. The molecule has 0 radical (unpaired) electrons. The summed E-state index contributed by atoms with van der Waals surface area (Å²) in [6, 6.07) is 17.8. The standard InChI is InChI=1S/C26H26F3N5O/c1-16(18-7-9-20(10-8-18)24(30)33-31)32-25(35)22-4-2-3-19-13-14-34(23(19)22)15-17-5-11-21(12-6-17)26(27,28)29/h2-12,16H,13-15,31H2,1H3,(H2,30,33)(H,32,35). The number of nitrogens with two attached hydrogens (primary N) is 2. The van der Waals surface area contributed by atoms with Gasteiger partial charge in [-0.15, -0.1) is 0 Å². The van der Waals surface area contributed by atoms with E-state index >= 15 is 0 Å². The zero-order chi connectivity index (χ0) is 25.2. The van der Waals surface area contributed by atoms with Crippen LogP contribution >= 0.6 is 0 Å². The van der Waals surface area contributed by atoms with Crippen LogP contribution in [0.3, 0.4) is 0 Å². The molecular formula is C26H26F3N5O. The predicted molar refractivity (Wildman–Crippen MR) is 130 cm³/mol. The van der Waals surface area contributed by atoms with Gasteiger partial charge in [-0.25, -0.2) is 0 Å². The Balaban J connectivity index is 1.51. The molecule has 9 heteroatoms. The van der Waals surface area contributed by atoms with E-state index in [1.807, 2.05) is 36.1 Å². The molecule has 1 amide bonds. The smallest absolute Gasteiger partial charge is 0.382 e. The SMILES string of the molecule is CC(NC(=O)c1cccc2c1N(Cc1ccc(C(F)(F)F)cc1)CC2)c1ccc(C(N)=NN)cc1. The number of anilines is 1. The second-order valence-electron chi connectivity index (χ2n) is 8.51. The molecule has 0 bridgehead atoms. The van der Waals surface area contributed by atoms with Crippen LogP contribution in [0.15, 0.2) is 71.8 Å². The van der Waals surface area contributed by atoms with Crippen LogP contribution in [0, 0.1) is 0 Å². The Morgan fingerprint density at radius 3 is 2.40 bits per heavy atom. The molecule has 0 saturated carbocycles. The third kappa shape index (κ3) is 5.24. The van der Waals surface area contributed by atoms with Gasteiger partial charge in [0.2, 0.25) is 0 Å². The van der Waals surface area contributed by atoms with Crippen molar-refractivity contribution < 1.29 is 18.0 Å². The van der Waals surface area contributed by atoms with Gasteiger partial charge in [-0.3, -0.25) is 4.79 Å². The number of amidine groups is 1. The number of carbonyl (C=O) groups is 1. The fourth-order valence-electron chi connectivity index (χ4n) is 4.27. The molecule has 3 aromatic rings. The van der Waals surface area contributed by atoms with E-state index in [9.17, 15) is 18.0 Å². The van der Waals surface area contributed by atoms with Crippen molar-refractivity contribution in [2.24, 2.45) is 16.7 Å². The van der Waals surface area contributed by atoms with E-state index in [1.54, 1.807) is 18.2 Å². The molecular weight excluding hydrogens is 455 g/mol. The first-order valence-electron chi connectivity index (χ1n) is 11.1. The Labute approximate surface area is 201 Å². The Kier molecular flexibility index (Phi) is 6.68. The lowest BCUT2D eigenvalue weighted by molar-refractivity contribution is -0.137. The predicted octanol–water partition coefficient (Wildman–Crippen LogP) is 4.34. The Morgan fingerprint density at radius 2 is 1.77 bits per heavy atom. The number of nitrogens with zero attached hydrogens (tertiary/aromatic N) is 2. The van der Waals surface area contributed by atoms with Crippen molar-refractivity contribution in [1.82, 2.24) is 5.32 Å². The lowest BCUT2D eigenvalue weighted by Gasteiger charge is -2.23. The number of hydrazone groups is 1. The molecule has 182 valence electrons. The van der Waals surface area contributed by atoms with E-state index in [-0.39, 0.29) is 17.8 Å². The average Bonchev–Trinajstić information content (AvgIpc) is 3.26. The maximum atomic E-state index is 13.2. The number of para-hydroxylation sites is 1. The van der Waals surface area contributed by atoms with Crippen LogP contribution in [-0.2, 0) is 19.1 Å². The van der Waals surface area contributed by atoms with Crippen molar-refractivity contribution in [3.8, 4) is 0 Å². The maximum absolute atomic E-state index is 13.2. The average molecular weight is 482 g/mol. The number of carbonyl (C=O) groups excluding carboxylic acids is 1. The van der Waals surface area contributed by atoms with E-state index in [4.69, 9.17) is 11.6 Å². The molecule has 4 rings (SSSR count).